The quantitative estimate of drug-likeness (QED) is 0.641. The van der Waals surface area contributed by atoms with Gasteiger partial charge >= 0.3 is 0 Å². The number of para-hydroxylation sites is 1. The van der Waals surface area contributed by atoms with Crippen LogP contribution < -0.4 is 4.90 Å². The first-order valence-electron chi connectivity index (χ1n) is 12.0. The molecule has 0 radical (unpaired) electrons. The van der Waals surface area contributed by atoms with E-state index in [1.807, 2.05) is 18.2 Å². The summed E-state index contributed by atoms with van der Waals surface area (Å²) in [6.45, 7) is 2.96. The number of nitrogens with zero attached hydrogens (tertiary/aromatic N) is 5. The lowest BCUT2D eigenvalue weighted by Gasteiger charge is -2.44. The van der Waals surface area contributed by atoms with Crippen molar-refractivity contribution in [1.29, 1.82) is 0 Å². The summed E-state index contributed by atoms with van der Waals surface area (Å²) in [5.41, 5.74) is 1.06. The fourth-order valence-corrected chi connectivity index (χ4v) is 6.43. The second-order valence-corrected chi connectivity index (χ2v) is 10.1. The van der Waals surface area contributed by atoms with Gasteiger partial charge in [-0.05, 0) is 63.0 Å². The fraction of sp³-hybridized carbons (Fsp3) is 0.625. The van der Waals surface area contributed by atoms with E-state index in [0.29, 0.717) is 11.8 Å². The molecule has 3 heterocycles. The number of rotatable bonds is 5. The molecule has 2 atom stereocenters. The second-order valence-electron chi connectivity index (χ2n) is 9.13. The van der Waals surface area contributed by atoms with Crippen molar-refractivity contribution in [3.8, 4) is 5.69 Å². The van der Waals surface area contributed by atoms with E-state index in [2.05, 4.69) is 36.7 Å². The summed E-state index contributed by atoms with van der Waals surface area (Å²) < 4.78 is 2.14. The number of fused-ring (bicyclic) bond motifs is 1. The van der Waals surface area contributed by atoms with Gasteiger partial charge in [-0.3, -0.25) is 9.36 Å². The van der Waals surface area contributed by atoms with Crippen molar-refractivity contribution in [2.45, 2.75) is 69.0 Å². The highest BCUT2D eigenvalue weighted by atomic mass is 32.2. The minimum atomic E-state index is 0.267. The normalized spacial score (nSPS) is 24.1. The highest BCUT2D eigenvalue weighted by Gasteiger charge is 2.35. The van der Waals surface area contributed by atoms with E-state index in [1.54, 1.807) is 0 Å². The predicted molar refractivity (Wildman–Crippen MR) is 125 cm³/mol. The molecule has 7 heteroatoms. The molecular weight excluding hydrogens is 406 g/mol. The monoisotopic (exact) mass is 439 g/mol. The Balaban J connectivity index is 1.34. The summed E-state index contributed by atoms with van der Waals surface area (Å²) in [6.07, 6.45) is 11.2. The van der Waals surface area contributed by atoms with Gasteiger partial charge in [0.1, 0.15) is 0 Å². The fourth-order valence-electron chi connectivity index (χ4n) is 5.60. The van der Waals surface area contributed by atoms with Gasteiger partial charge in [0.2, 0.25) is 11.9 Å². The van der Waals surface area contributed by atoms with Crippen molar-refractivity contribution in [2.75, 3.05) is 30.3 Å². The number of thioether (sulfide) groups is 1. The Hall–Kier alpha value is -2.02. The van der Waals surface area contributed by atoms with Crippen LogP contribution in [0.15, 0.2) is 35.5 Å². The third-order valence-corrected chi connectivity index (χ3v) is 8.07. The van der Waals surface area contributed by atoms with Crippen LogP contribution in [0, 0.1) is 5.92 Å². The zero-order valence-electron chi connectivity index (χ0n) is 18.3. The first-order valence-corrected chi connectivity index (χ1v) is 13.0. The summed E-state index contributed by atoms with van der Waals surface area (Å²) in [4.78, 5) is 17.7. The minimum absolute atomic E-state index is 0.267. The van der Waals surface area contributed by atoms with Gasteiger partial charge in [0.25, 0.3) is 0 Å². The molecule has 0 unspecified atom stereocenters. The molecule has 0 bridgehead atoms. The number of benzene rings is 1. The topological polar surface area (TPSA) is 54.3 Å². The summed E-state index contributed by atoms with van der Waals surface area (Å²) in [6, 6.07) is 10.8. The Morgan fingerprint density at radius 1 is 0.903 bits per heavy atom. The van der Waals surface area contributed by atoms with Crippen LogP contribution in [0.1, 0.15) is 57.8 Å². The molecule has 1 aromatic heterocycles. The Morgan fingerprint density at radius 3 is 2.52 bits per heavy atom. The summed E-state index contributed by atoms with van der Waals surface area (Å²) >= 11 is 1.54. The predicted octanol–water partition coefficient (Wildman–Crippen LogP) is 4.53. The molecule has 1 aliphatic carbocycles. The average Bonchev–Trinajstić information content (AvgIpc) is 3.27. The van der Waals surface area contributed by atoms with Crippen LogP contribution in [0.3, 0.4) is 0 Å². The van der Waals surface area contributed by atoms with Crippen LogP contribution in [0.25, 0.3) is 5.69 Å². The van der Waals surface area contributed by atoms with Gasteiger partial charge in [-0.2, -0.15) is 0 Å². The number of piperidine rings is 2. The molecule has 0 spiro atoms. The zero-order chi connectivity index (χ0) is 21.0. The van der Waals surface area contributed by atoms with Crippen molar-refractivity contribution >= 4 is 23.6 Å². The third kappa shape index (κ3) is 4.47. The van der Waals surface area contributed by atoms with Crippen molar-refractivity contribution in [1.82, 2.24) is 19.7 Å². The summed E-state index contributed by atoms with van der Waals surface area (Å²) in [5.74, 6) is 2.33. The summed E-state index contributed by atoms with van der Waals surface area (Å²) in [7, 11) is 0. The van der Waals surface area contributed by atoms with Gasteiger partial charge in [0.15, 0.2) is 5.16 Å². The standard InChI is InChI=1S/C24H33N5OS/c30-22(28-17-9-11-19-10-5-6-14-21(19)28)18-31-24-26-25-23(27-15-7-2-8-16-27)29(24)20-12-3-1-4-13-20/h1,3-4,12-13,19,21H,2,5-11,14-18H2/t19-,21-/m1/s1. The maximum atomic E-state index is 13.2. The maximum Gasteiger partial charge on any atom is 0.233 e. The van der Waals surface area contributed by atoms with Crippen molar-refractivity contribution in [3.05, 3.63) is 30.3 Å². The highest BCUT2D eigenvalue weighted by Crippen LogP contribution is 2.36. The van der Waals surface area contributed by atoms with Gasteiger partial charge in [-0.1, -0.05) is 42.8 Å². The van der Waals surface area contributed by atoms with Crippen molar-refractivity contribution in [3.63, 3.8) is 0 Å². The largest absolute Gasteiger partial charge is 0.341 e. The number of carbonyl (C=O) groups excluding carboxylic acids is 1. The number of hydrogen-bond acceptors (Lipinski definition) is 5. The van der Waals surface area contributed by atoms with E-state index < -0.39 is 0 Å². The molecular formula is C24H33N5OS. The molecule has 0 N–H and O–H groups in total. The highest BCUT2D eigenvalue weighted by molar-refractivity contribution is 7.99. The number of aromatic nitrogens is 3. The second kappa shape index (κ2) is 9.63. The molecule has 166 valence electrons. The molecule has 1 aromatic carbocycles. The van der Waals surface area contributed by atoms with Gasteiger partial charge in [-0.15, -0.1) is 10.2 Å². The Kier molecular flexibility index (Phi) is 6.48. The molecule has 2 saturated heterocycles. The van der Waals surface area contributed by atoms with Crippen LogP contribution in [-0.2, 0) is 4.79 Å². The number of amides is 1. The molecule has 31 heavy (non-hydrogen) atoms. The number of likely N-dealkylation sites (tertiary alicyclic amines) is 1. The van der Waals surface area contributed by atoms with Crippen LogP contribution in [0.5, 0.6) is 0 Å². The Labute approximate surface area is 189 Å². The van der Waals surface area contributed by atoms with E-state index in [4.69, 9.17) is 0 Å². The van der Waals surface area contributed by atoms with E-state index in [-0.39, 0.29) is 5.91 Å². The molecule has 1 saturated carbocycles. The maximum absolute atomic E-state index is 13.2. The van der Waals surface area contributed by atoms with E-state index in [9.17, 15) is 4.79 Å². The molecule has 3 aliphatic rings. The zero-order valence-corrected chi connectivity index (χ0v) is 19.1. The number of anilines is 1. The number of carbonyl (C=O) groups is 1. The average molecular weight is 440 g/mol. The first kappa shape index (κ1) is 20.9. The smallest absolute Gasteiger partial charge is 0.233 e. The SMILES string of the molecule is O=C(CSc1nnc(N2CCCCC2)n1-c1ccccc1)N1CCC[C@H]2CCCC[C@H]21. The van der Waals surface area contributed by atoms with E-state index >= 15 is 0 Å². The first-order chi connectivity index (χ1) is 15.3. The van der Waals surface area contributed by atoms with Crippen molar-refractivity contribution < 1.29 is 4.79 Å². The molecule has 1 amide bonds. The lowest BCUT2D eigenvalue weighted by molar-refractivity contribution is -0.134. The lowest BCUT2D eigenvalue weighted by Crippen LogP contribution is -2.50. The lowest BCUT2D eigenvalue weighted by atomic mass is 9.78. The Bertz CT molecular complexity index is 877. The minimum Gasteiger partial charge on any atom is -0.341 e. The van der Waals surface area contributed by atoms with E-state index in [1.165, 1.54) is 63.1 Å². The van der Waals surface area contributed by atoms with Crippen LogP contribution in [0.4, 0.5) is 5.95 Å². The summed E-state index contributed by atoms with van der Waals surface area (Å²) in [5, 5.41) is 9.91. The van der Waals surface area contributed by atoms with Gasteiger partial charge in [0, 0.05) is 25.7 Å². The van der Waals surface area contributed by atoms with Crippen LogP contribution in [0.2, 0.25) is 0 Å². The van der Waals surface area contributed by atoms with E-state index in [0.717, 1.165) is 48.8 Å². The van der Waals surface area contributed by atoms with Gasteiger partial charge in [0.05, 0.1) is 11.4 Å². The molecule has 2 aromatic rings. The van der Waals surface area contributed by atoms with Crippen LogP contribution in [-0.4, -0.2) is 57.0 Å². The third-order valence-electron chi connectivity index (χ3n) is 7.16. The Morgan fingerprint density at radius 2 is 1.68 bits per heavy atom. The molecule has 5 rings (SSSR count). The van der Waals surface area contributed by atoms with Gasteiger partial charge < -0.3 is 9.80 Å². The molecule has 2 aliphatic heterocycles. The van der Waals surface area contributed by atoms with Crippen molar-refractivity contribution in [2.24, 2.45) is 5.92 Å². The molecule has 3 fully saturated rings. The number of hydrogen-bond donors (Lipinski definition) is 0. The van der Waals surface area contributed by atoms with Crippen LogP contribution >= 0.6 is 11.8 Å². The molecule has 6 nitrogen and oxygen atoms in total. The van der Waals surface area contributed by atoms with Gasteiger partial charge in [-0.25, -0.2) is 0 Å².